The SMILES string of the molecule is Cc1c(SSc2cc(C)n(C(C)C)n2)ncn1C(C)C. The van der Waals surface area contributed by atoms with Gasteiger partial charge >= 0.3 is 0 Å². The van der Waals surface area contributed by atoms with E-state index in [1.807, 2.05) is 6.33 Å². The zero-order valence-electron chi connectivity index (χ0n) is 12.9. The van der Waals surface area contributed by atoms with Crippen LogP contribution in [0.2, 0.25) is 0 Å². The highest BCUT2D eigenvalue weighted by Crippen LogP contribution is 2.38. The minimum absolute atomic E-state index is 0.399. The van der Waals surface area contributed by atoms with Gasteiger partial charge in [0.15, 0.2) is 0 Å². The number of hydrogen-bond donors (Lipinski definition) is 0. The third-order valence-electron chi connectivity index (χ3n) is 3.15. The molecule has 110 valence electrons. The van der Waals surface area contributed by atoms with Gasteiger partial charge in [-0.25, -0.2) is 4.98 Å². The van der Waals surface area contributed by atoms with Gasteiger partial charge in [-0.05, 0) is 69.2 Å². The first-order valence-corrected chi connectivity index (χ1v) is 8.99. The lowest BCUT2D eigenvalue weighted by Gasteiger charge is -2.08. The van der Waals surface area contributed by atoms with Crippen molar-refractivity contribution in [3.63, 3.8) is 0 Å². The van der Waals surface area contributed by atoms with Gasteiger partial charge in [-0.1, -0.05) is 0 Å². The van der Waals surface area contributed by atoms with Gasteiger partial charge in [-0.15, -0.1) is 0 Å². The van der Waals surface area contributed by atoms with Crippen molar-refractivity contribution >= 4 is 21.6 Å². The summed E-state index contributed by atoms with van der Waals surface area (Å²) in [5.41, 5.74) is 2.42. The molecule has 0 fully saturated rings. The van der Waals surface area contributed by atoms with Crippen LogP contribution in [0.3, 0.4) is 0 Å². The van der Waals surface area contributed by atoms with E-state index in [9.17, 15) is 0 Å². The molecule has 2 aromatic rings. The molecule has 20 heavy (non-hydrogen) atoms. The number of imidazole rings is 1. The Balaban J connectivity index is 2.07. The zero-order valence-corrected chi connectivity index (χ0v) is 14.5. The van der Waals surface area contributed by atoms with Crippen molar-refractivity contribution in [1.29, 1.82) is 0 Å². The van der Waals surface area contributed by atoms with Gasteiger partial charge in [-0.2, -0.15) is 5.10 Å². The van der Waals surface area contributed by atoms with E-state index in [4.69, 9.17) is 0 Å². The molecule has 4 nitrogen and oxygen atoms in total. The maximum Gasteiger partial charge on any atom is 0.129 e. The van der Waals surface area contributed by atoms with E-state index in [2.05, 4.69) is 66.9 Å². The monoisotopic (exact) mass is 310 g/mol. The van der Waals surface area contributed by atoms with Crippen LogP contribution in [0.5, 0.6) is 0 Å². The summed E-state index contributed by atoms with van der Waals surface area (Å²) in [5, 5.41) is 6.73. The highest BCUT2D eigenvalue weighted by molar-refractivity contribution is 8.76. The van der Waals surface area contributed by atoms with Crippen molar-refractivity contribution in [3.8, 4) is 0 Å². The Labute approximate surface area is 128 Å². The molecule has 2 aromatic heterocycles. The zero-order chi connectivity index (χ0) is 14.9. The van der Waals surface area contributed by atoms with E-state index < -0.39 is 0 Å². The van der Waals surface area contributed by atoms with E-state index in [1.54, 1.807) is 21.6 Å². The summed E-state index contributed by atoms with van der Waals surface area (Å²) in [7, 11) is 3.36. The minimum atomic E-state index is 0.399. The molecule has 0 aliphatic rings. The number of aromatic nitrogens is 4. The van der Waals surface area contributed by atoms with Gasteiger partial charge < -0.3 is 4.57 Å². The predicted octanol–water partition coefficient (Wildman–Crippen LogP) is 4.66. The lowest BCUT2D eigenvalue weighted by atomic mass is 10.4. The summed E-state index contributed by atoms with van der Waals surface area (Å²) in [6.45, 7) is 12.9. The number of rotatable bonds is 5. The van der Waals surface area contributed by atoms with Gasteiger partial charge in [0.25, 0.3) is 0 Å². The van der Waals surface area contributed by atoms with Crippen molar-refractivity contribution in [1.82, 2.24) is 19.3 Å². The number of hydrogen-bond acceptors (Lipinski definition) is 4. The highest BCUT2D eigenvalue weighted by Gasteiger charge is 2.12. The molecule has 0 atom stereocenters. The van der Waals surface area contributed by atoms with Crippen molar-refractivity contribution in [3.05, 3.63) is 23.8 Å². The topological polar surface area (TPSA) is 35.6 Å². The minimum Gasteiger partial charge on any atom is -0.331 e. The standard InChI is InChI=1S/C14H22N4S2/c1-9(2)17-8-15-14(12(17)6)20-19-13-7-11(5)18(16-13)10(3)4/h7-10H,1-6H3. The third kappa shape index (κ3) is 3.23. The van der Waals surface area contributed by atoms with Crippen LogP contribution in [0, 0.1) is 13.8 Å². The normalized spacial score (nSPS) is 11.8. The molecule has 2 heterocycles. The van der Waals surface area contributed by atoms with Crippen LogP contribution in [0.15, 0.2) is 22.4 Å². The van der Waals surface area contributed by atoms with Crippen molar-refractivity contribution in [2.75, 3.05) is 0 Å². The Morgan fingerprint density at radius 1 is 1.05 bits per heavy atom. The second-order valence-corrected chi connectivity index (χ2v) is 7.60. The van der Waals surface area contributed by atoms with Crippen molar-refractivity contribution < 1.29 is 0 Å². The smallest absolute Gasteiger partial charge is 0.129 e. The average Bonchev–Trinajstić information content (AvgIpc) is 2.90. The van der Waals surface area contributed by atoms with E-state index in [0.717, 1.165) is 10.1 Å². The predicted molar refractivity (Wildman–Crippen MR) is 86.4 cm³/mol. The largest absolute Gasteiger partial charge is 0.331 e. The van der Waals surface area contributed by atoms with Crippen molar-refractivity contribution in [2.24, 2.45) is 0 Å². The fraction of sp³-hybridized carbons (Fsp3) is 0.571. The van der Waals surface area contributed by atoms with E-state index in [-0.39, 0.29) is 0 Å². The summed E-state index contributed by atoms with van der Waals surface area (Å²) in [5.74, 6) is 0. The Morgan fingerprint density at radius 3 is 2.25 bits per heavy atom. The third-order valence-corrected chi connectivity index (χ3v) is 5.40. The molecule has 0 saturated heterocycles. The molecular formula is C14H22N4S2. The Bertz CT molecular complexity index is 584. The maximum atomic E-state index is 4.62. The van der Waals surface area contributed by atoms with Gasteiger partial charge in [-0.3, -0.25) is 4.68 Å². The Morgan fingerprint density at radius 2 is 1.75 bits per heavy atom. The first kappa shape index (κ1) is 15.5. The van der Waals surface area contributed by atoms with Crippen LogP contribution in [-0.4, -0.2) is 19.3 Å². The average molecular weight is 310 g/mol. The molecule has 0 spiro atoms. The number of aryl methyl sites for hydroxylation is 1. The van der Waals surface area contributed by atoms with Crippen LogP contribution < -0.4 is 0 Å². The molecule has 0 unspecified atom stereocenters. The summed E-state index contributed by atoms with van der Waals surface area (Å²) in [4.78, 5) is 4.49. The molecule has 0 N–H and O–H groups in total. The summed E-state index contributed by atoms with van der Waals surface area (Å²) < 4.78 is 4.25. The quantitative estimate of drug-likeness (QED) is 0.753. The van der Waals surface area contributed by atoms with Crippen LogP contribution in [-0.2, 0) is 0 Å². The van der Waals surface area contributed by atoms with Gasteiger partial charge in [0.05, 0.1) is 6.33 Å². The lowest BCUT2D eigenvalue weighted by Crippen LogP contribution is -2.04. The van der Waals surface area contributed by atoms with Gasteiger partial charge in [0.2, 0.25) is 0 Å². The molecule has 0 aliphatic heterocycles. The molecule has 0 aromatic carbocycles. The first-order valence-electron chi connectivity index (χ1n) is 6.84. The molecular weight excluding hydrogens is 288 g/mol. The molecule has 0 saturated carbocycles. The van der Waals surface area contributed by atoms with Crippen LogP contribution in [0.25, 0.3) is 0 Å². The maximum absolute atomic E-state index is 4.62. The second-order valence-electron chi connectivity index (χ2n) is 5.47. The molecule has 6 heteroatoms. The second kappa shape index (κ2) is 6.26. The highest BCUT2D eigenvalue weighted by atomic mass is 33.1. The molecule has 0 aliphatic carbocycles. The molecule has 2 rings (SSSR count). The van der Waals surface area contributed by atoms with Gasteiger partial charge in [0, 0.05) is 23.5 Å². The summed E-state index contributed by atoms with van der Waals surface area (Å²) in [6, 6.07) is 2.98. The van der Waals surface area contributed by atoms with Crippen molar-refractivity contribution in [2.45, 2.75) is 63.7 Å². The lowest BCUT2D eigenvalue weighted by molar-refractivity contribution is 0.510. The van der Waals surface area contributed by atoms with Crippen LogP contribution >= 0.6 is 21.6 Å². The molecule has 0 bridgehead atoms. The molecule has 0 radical (unpaired) electrons. The Kier molecular flexibility index (Phi) is 4.86. The Hall–Kier alpha value is -0.880. The van der Waals surface area contributed by atoms with Crippen LogP contribution in [0.1, 0.15) is 51.2 Å². The molecule has 0 amide bonds. The summed E-state index contributed by atoms with van der Waals surface area (Å²) in [6.07, 6.45) is 1.92. The fourth-order valence-electron chi connectivity index (χ4n) is 2.11. The van der Waals surface area contributed by atoms with E-state index in [1.165, 1.54) is 11.4 Å². The first-order chi connectivity index (χ1) is 9.40. The van der Waals surface area contributed by atoms with E-state index >= 15 is 0 Å². The van der Waals surface area contributed by atoms with E-state index in [0.29, 0.717) is 12.1 Å². The summed E-state index contributed by atoms with van der Waals surface area (Å²) >= 11 is 0. The van der Waals surface area contributed by atoms with Gasteiger partial charge in [0.1, 0.15) is 10.1 Å². The fourth-order valence-corrected chi connectivity index (χ4v) is 4.16. The van der Waals surface area contributed by atoms with Crippen LogP contribution in [0.4, 0.5) is 0 Å². The number of nitrogens with zero attached hydrogens (tertiary/aromatic N) is 4.